The number of amides is 1. The molecule has 32 heavy (non-hydrogen) atoms. The Balaban J connectivity index is 1.81. The molecule has 4 aromatic rings. The number of rotatable bonds is 6. The largest absolute Gasteiger partial charge is 0.369 e. The van der Waals surface area contributed by atoms with Crippen LogP contribution in [0.25, 0.3) is 22.6 Å². The van der Waals surface area contributed by atoms with Gasteiger partial charge in [0.2, 0.25) is 5.91 Å². The minimum absolute atomic E-state index is 0.353. The Hall–Kier alpha value is -3.02. The van der Waals surface area contributed by atoms with Gasteiger partial charge in [0.25, 0.3) is 0 Å². The highest BCUT2D eigenvalue weighted by molar-refractivity contribution is 7.99. The Bertz CT molecular complexity index is 1250. The molecule has 4 nitrogen and oxygen atoms in total. The quantitative estimate of drug-likeness (QED) is 0.365. The maximum atomic E-state index is 11.9. The van der Waals surface area contributed by atoms with Crippen LogP contribution in [-0.4, -0.2) is 15.5 Å². The van der Waals surface area contributed by atoms with Crippen molar-refractivity contribution >= 4 is 29.3 Å². The van der Waals surface area contributed by atoms with E-state index >= 15 is 0 Å². The van der Waals surface area contributed by atoms with Gasteiger partial charge in [0.05, 0.1) is 5.41 Å². The van der Waals surface area contributed by atoms with E-state index in [0.717, 1.165) is 38.1 Å². The lowest BCUT2D eigenvalue weighted by atomic mass is 9.83. The van der Waals surface area contributed by atoms with Crippen molar-refractivity contribution in [2.24, 2.45) is 12.8 Å². The topological polar surface area (TPSA) is 60.9 Å². The lowest BCUT2D eigenvalue weighted by Crippen LogP contribution is -2.35. The van der Waals surface area contributed by atoms with E-state index in [1.54, 1.807) is 11.8 Å². The molecule has 3 aromatic carbocycles. The fourth-order valence-electron chi connectivity index (χ4n) is 3.44. The zero-order chi connectivity index (χ0) is 22.9. The smallest absolute Gasteiger partial charge is 0.227 e. The summed E-state index contributed by atoms with van der Waals surface area (Å²) < 4.78 is 2.12. The van der Waals surface area contributed by atoms with Gasteiger partial charge >= 0.3 is 0 Å². The Morgan fingerprint density at radius 3 is 2.16 bits per heavy atom. The first-order valence-corrected chi connectivity index (χ1v) is 11.4. The molecule has 0 saturated carbocycles. The summed E-state index contributed by atoms with van der Waals surface area (Å²) in [6, 6.07) is 25.8. The number of nitrogens with two attached hydrogens (primary N) is 1. The number of nitrogens with zero attached hydrogens (tertiary/aromatic N) is 2. The highest BCUT2D eigenvalue weighted by Crippen LogP contribution is 2.39. The number of carbonyl (C=O) groups is 1. The van der Waals surface area contributed by atoms with E-state index in [1.165, 1.54) is 0 Å². The Morgan fingerprint density at radius 2 is 1.56 bits per heavy atom. The Morgan fingerprint density at radius 1 is 0.938 bits per heavy atom. The second kappa shape index (κ2) is 8.85. The highest BCUT2D eigenvalue weighted by Gasteiger charge is 2.27. The Labute approximate surface area is 197 Å². The van der Waals surface area contributed by atoms with Crippen LogP contribution in [0.1, 0.15) is 19.4 Å². The number of halogens is 1. The first kappa shape index (κ1) is 22.2. The van der Waals surface area contributed by atoms with Crippen LogP contribution in [0, 0.1) is 0 Å². The molecular weight excluding hydrogens is 438 g/mol. The number of imidazole rings is 1. The summed E-state index contributed by atoms with van der Waals surface area (Å²) in [5.74, 6) is 0.534. The lowest BCUT2D eigenvalue weighted by Gasteiger charge is -2.21. The number of hydrogen-bond donors (Lipinski definition) is 1. The van der Waals surface area contributed by atoms with Crippen molar-refractivity contribution in [3.63, 3.8) is 0 Å². The van der Waals surface area contributed by atoms with Crippen molar-refractivity contribution in [3.05, 3.63) is 89.4 Å². The summed E-state index contributed by atoms with van der Waals surface area (Å²) in [5, 5.41) is 1.73. The van der Waals surface area contributed by atoms with E-state index in [0.29, 0.717) is 5.02 Å². The van der Waals surface area contributed by atoms with Crippen LogP contribution < -0.4 is 5.73 Å². The van der Waals surface area contributed by atoms with Crippen molar-refractivity contribution in [2.75, 3.05) is 0 Å². The first-order chi connectivity index (χ1) is 15.3. The first-order valence-electron chi connectivity index (χ1n) is 10.2. The number of primary amides is 1. The number of benzene rings is 3. The van der Waals surface area contributed by atoms with Gasteiger partial charge in [-0.2, -0.15) is 0 Å². The fourth-order valence-corrected chi connectivity index (χ4v) is 4.54. The molecule has 4 rings (SSSR count). The van der Waals surface area contributed by atoms with Gasteiger partial charge in [-0.25, -0.2) is 4.98 Å². The van der Waals surface area contributed by atoms with E-state index < -0.39 is 5.41 Å². The monoisotopic (exact) mass is 461 g/mol. The van der Waals surface area contributed by atoms with Gasteiger partial charge in [-0.05, 0) is 43.7 Å². The predicted octanol–water partition coefficient (Wildman–Crippen LogP) is 6.32. The molecule has 162 valence electrons. The van der Waals surface area contributed by atoms with Crippen molar-refractivity contribution in [3.8, 4) is 22.6 Å². The summed E-state index contributed by atoms with van der Waals surface area (Å²) in [5.41, 5.74) is 8.64. The van der Waals surface area contributed by atoms with Crippen molar-refractivity contribution in [1.29, 1.82) is 0 Å². The molecule has 0 aliphatic heterocycles. The van der Waals surface area contributed by atoms with Crippen LogP contribution in [-0.2, 0) is 17.3 Å². The van der Waals surface area contributed by atoms with Crippen molar-refractivity contribution < 1.29 is 4.79 Å². The van der Waals surface area contributed by atoms with Gasteiger partial charge in [-0.1, -0.05) is 78.0 Å². The van der Waals surface area contributed by atoms with Crippen LogP contribution in [0.5, 0.6) is 0 Å². The summed E-state index contributed by atoms with van der Waals surface area (Å²) in [7, 11) is 2.03. The van der Waals surface area contributed by atoms with Crippen LogP contribution >= 0.6 is 23.4 Å². The number of carbonyl (C=O) groups excluding carboxylic acids is 1. The second-order valence-corrected chi connectivity index (χ2v) is 9.64. The third-order valence-electron chi connectivity index (χ3n) is 5.60. The second-order valence-electron chi connectivity index (χ2n) is 8.14. The molecule has 0 atom stereocenters. The van der Waals surface area contributed by atoms with Crippen molar-refractivity contribution in [2.45, 2.75) is 29.2 Å². The molecule has 0 saturated heterocycles. The van der Waals surface area contributed by atoms with E-state index in [1.807, 2.05) is 87.6 Å². The third kappa shape index (κ3) is 4.31. The van der Waals surface area contributed by atoms with E-state index in [9.17, 15) is 4.79 Å². The maximum absolute atomic E-state index is 11.9. The van der Waals surface area contributed by atoms with Crippen LogP contribution in [0.4, 0.5) is 0 Å². The normalized spacial score (nSPS) is 11.5. The van der Waals surface area contributed by atoms with Crippen molar-refractivity contribution in [1.82, 2.24) is 9.55 Å². The molecule has 0 bridgehead atoms. The molecule has 0 spiro atoms. The zero-order valence-electron chi connectivity index (χ0n) is 18.2. The zero-order valence-corrected chi connectivity index (χ0v) is 19.7. The van der Waals surface area contributed by atoms with Gasteiger partial charge in [0.1, 0.15) is 16.5 Å². The molecule has 1 amide bonds. The van der Waals surface area contributed by atoms with Gasteiger partial charge in [-0.15, -0.1) is 0 Å². The molecule has 1 aromatic heterocycles. The summed E-state index contributed by atoms with van der Waals surface area (Å²) in [6.07, 6.45) is 0. The summed E-state index contributed by atoms with van der Waals surface area (Å²) >= 11 is 7.71. The fraction of sp³-hybridized carbons (Fsp3) is 0.154. The molecule has 0 unspecified atom stereocenters. The van der Waals surface area contributed by atoms with Gasteiger partial charge in [-0.3, -0.25) is 4.79 Å². The molecule has 0 aliphatic rings. The molecule has 6 heteroatoms. The minimum Gasteiger partial charge on any atom is -0.369 e. The van der Waals surface area contributed by atoms with Gasteiger partial charge in [0, 0.05) is 28.1 Å². The van der Waals surface area contributed by atoms with E-state index in [2.05, 4.69) is 16.7 Å². The predicted molar refractivity (Wildman–Crippen MR) is 132 cm³/mol. The molecule has 1 heterocycles. The molecule has 0 fully saturated rings. The average Bonchev–Trinajstić information content (AvgIpc) is 3.12. The molecular formula is C26H24ClN3OS. The number of hydrogen-bond acceptors (Lipinski definition) is 3. The SMILES string of the molecule is Cn1c(-c2ccccc2)nc(-c2ccc(C(C)(C)C(N)=O)cc2)c1Sc1ccc(Cl)cc1. The lowest BCUT2D eigenvalue weighted by molar-refractivity contribution is -0.122. The van der Waals surface area contributed by atoms with Crippen LogP contribution in [0.3, 0.4) is 0 Å². The maximum Gasteiger partial charge on any atom is 0.227 e. The van der Waals surface area contributed by atoms with Crippen LogP contribution in [0.2, 0.25) is 5.02 Å². The van der Waals surface area contributed by atoms with Gasteiger partial charge < -0.3 is 10.3 Å². The van der Waals surface area contributed by atoms with Crippen LogP contribution in [0.15, 0.2) is 88.8 Å². The molecule has 2 N–H and O–H groups in total. The summed E-state index contributed by atoms with van der Waals surface area (Å²) in [4.78, 5) is 17.9. The Kier molecular flexibility index (Phi) is 6.13. The van der Waals surface area contributed by atoms with Gasteiger partial charge in [0.15, 0.2) is 0 Å². The number of aromatic nitrogens is 2. The molecule has 0 radical (unpaired) electrons. The highest BCUT2D eigenvalue weighted by atomic mass is 35.5. The summed E-state index contributed by atoms with van der Waals surface area (Å²) in [6.45, 7) is 3.67. The third-order valence-corrected chi connectivity index (χ3v) is 7.02. The average molecular weight is 462 g/mol. The molecule has 0 aliphatic carbocycles. The standard InChI is InChI=1S/C26H24ClN3OS/c1-26(2,25(28)31)19-11-9-17(10-12-19)22-24(32-21-15-13-20(27)14-16-21)30(3)23(29-22)18-7-5-4-6-8-18/h4-16H,1-3H3,(H2,28,31). The van der Waals surface area contributed by atoms with E-state index in [-0.39, 0.29) is 5.91 Å². The minimum atomic E-state index is -0.737. The van der Waals surface area contributed by atoms with E-state index in [4.69, 9.17) is 22.3 Å².